The van der Waals surface area contributed by atoms with Crippen molar-refractivity contribution >= 4 is 0 Å². The van der Waals surface area contributed by atoms with E-state index in [2.05, 4.69) is 13.0 Å². The van der Waals surface area contributed by atoms with E-state index < -0.39 is 0 Å². The van der Waals surface area contributed by atoms with Gasteiger partial charge in [0.2, 0.25) is 0 Å². The molecule has 0 heterocycles. The third-order valence-corrected chi connectivity index (χ3v) is 2.06. The molecular formula is C11H15O2. The molecule has 1 radical (unpaired) electrons. The van der Waals surface area contributed by atoms with Crippen molar-refractivity contribution in [2.75, 3.05) is 0 Å². The van der Waals surface area contributed by atoms with Gasteiger partial charge in [-0.05, 0) is 25.0 Å². The fourth-order valence-corrected chi connectivity index (χ4v) is 1.27. The number of benzene rings is 1. The van der Waals surface area contributed by atoms with Crippen molar-refractivity contribution in [2.24, 2.45) is 0 Å². The molecule has 0 atom stereocenters. The van der Waals surface area contributed by atoms with Gasteiger partial charge in [0.25, 0.3) is 0 Å². The Kier molecular flexibility index (Phi) is 3.62. The first-order valence-corrected chi connectivity index (χ1v) is 4.67. The normalized spacial score (nSPS) is 10.2. The topological polar surface area (TPSA) is 40.5 Å². The minimum atomic E-state index is -0.0507. The Morgan fingerprint density at radius 1 is 1.31 bits per heavy atom. The number of aryl methyl sites for hydroxylation is 1. The van der Waals surface area contributed by atoms with E-state index in [-0.39, 0.29) is 11.5 Å². The lowest BCUT2D eigenvalue weighted by Gasteiger charge is -2.04. The van der Waals surface area contributed by atoms with Gasteiger partial charge in [-0.3, -0.25) is 0 Å². The zero-order valence-corrected chi connectivity index (χ0v) is 7.88. The van der Waals surface area contributed by atoms with Crippen LogP contribution in [-0.4, -0.2) is 10.2 Å². The summed E-state index contributed by atoms with van der Waals surface area (Å²) in [6, 6.07) is 6.00. The molecule has 0 bridgehead atoms. The maximum atomic E-state index is 9.42. The minimum Gasteiger partial charge on any atom is -0.504 e. The van der Waals surface area contributed by atoms with Gasteiger partial charge in [-0.25, -0.2) is 0 Å². The average Bonchev–Trinajstić information content (AvgIpc) is 2.13. The molecular weight excluding hydrogens is 164 g/mol. The summed E-state index contributed by atoms with van der Waals surface area (Å²) in [4.78, 5) is 0. The molecule has 2 nitrogen and oxygen atoms in total. The minimum absolute atomic E-state index is 0.0152. The number of hydrogen-bond donors (Lipinski definition) is 2. The van der Waals surface area contributed by atoms with E-state index in [0.717, 1.165) is 25.7 Å². The van der Waals surface area contributed by atoms with Crippen LogP contribution in [0.2, 0.25) is 0 Å². The summed E-state index contributed by atoms with van der Waals surface area (Å²) in [5, 5.41) is 18.6. The zero-order valence-electron chi connectivity index (χ0n) is 7.88. The van der Waals surface area contributed by atoms with E-state index in [1.807, 2.05) is 0 Å². The number of rotatable bonds is 4. The molecule has 1 aromatic carbocycles. The van der Waals surface area contributed by atoms with E-state index >= 15 is 0 Å². The smallest absolute Gasteiger partial charge is 0.161 e. The summed E-state index contributed by atoms with van der Waals surface area (Å²) < 4.78 is 0. The van der Waals surface area contributed by atoms with Gasteiger partial charge in [0, 0.05) is 5.56 Å². The predicted molar refractivity (Wildman–Crippen MR) is 51.8 cm³/mol. The van der Waals surface area contributed by atoms with Crippen LogP contribution < -0.4 is 0 Å². The van der Waals surface area contributed by atoms with Crippen molar-refractivity contribution in [3.63, 3.8) is 0 Å². The maximum absolute atomic E-state index is 9.42. The fourth-order valence-electron chi connectivity index (χ4n) is 1.27. The van der Waals surface area contributed by atoms with Crippen LogP contribution in [0.1, 0.15) is 31.7 Å². The van der Waals surface area contributed by atoms with Gasteiger partial charge in [-0.15, -0.1) is 0 Å². The molecule has 2 N–H and O–H groups in total. The Bertz CT molecular complexity index is 269. The highest BCUT2D eigenvalue weighted by molar-refractivity contribution is 5.43. The van der Waals surface area contributed by atoms with Crippen molar-refractivity contribution < 1.29 is 10.2 Å². The van der Waals surface area contributed by atoms with Crippen LogP contribution in [0.4, 0.5) is 0 Å². The Morgan fingerprint density at radius 3 is 2.77 bits per heavy atom. The number of phenolic OH excluding ortho intramolecular Hbond substituents is 2. The molecule has 0 aliphatic carbocycles. The van der Waals surface area contributed by atoms with Crippen LogP contribution in [0, 0.1) is 6.07 Å². The standard InChI is InChI=1S/C11H15O2/c1-2-3-4-6-9-7-5-8-10(12)11(9)13/h5,8,12-13H,2-4,6H2,1H3. The molecule has 2 heteroatoms. The molecule has 0 aliphatic rings. The Hall–Kier alpha value is -1.18. The van der Waals surface area contributed by atoms with Crippen LogP contribution in [0.25, 0.3) is 0 Å². The third kappa shape index (κ3) is 2.65. The van der Waals surface area contributed by atoms with Gasteiger partial charge in [0.05, 0.1) is 0 Å². The lowest BCUT2D eigenvalue weighted by Crippen LogP contribution is -1.86. The van der Waals surface area contributed by atoms with Gasteiger partial charge in [0.1, 0.15) is 0 Å². The number of aromatic hydroxyl groups is 2. The molecule has 0 aromatic heterocycles. The quantitative estimate of drug-likeness (QED) is 0.551. The number of unbranched alkanes of at least 4 members (excludes halogenated alkanes) is 2. The molecule has 0 saturated carbocycles. The molecule has 0 amide bonds. The molecule has 71 valence electrons. The van der Waals surface area contributed by atoms with Crippen molar-refractivity contribution in [1.82, 2.24) is 0 Å². The first kappa shape index (κ1) is 9.90. The summed E-state index contributed by atoms with van der Waals surface area (Å²) >= 11 is 0. The van der Waals surface area contributed by atoms with E-state index in [9.17, 15) is 10.2 Å². The second-order valence-electron chi connectivity index (χ2n) is 3.15. The van der Waals surface area contributed by atoms with Crippen molar-refractivity contribution in [2.45, 2.75) is 32.6 Å². The van der Waals surface area contributed by atoms with Crippen LogP contribution in [-0.2, 0) is 6.42 Å². The maximum Gasteiger partial charge on any atom is 0.161 e. The summed E-state index contributed by atoms with van der Waals surface area (Å²) in [6.07, 6.45) is 4.11. The molecule has 0 spiro atoms. The van der Waals surface area contributed by atoms with Gasteiger partial charge in [-0.1, -0.05) is 25.8 Å². The van der Waals surface area contributed by atoms with Gasteiger partial charge in [0.15, 0.2) is 11.5 Å². The Morgan fingerprint density at radius 2 is 2.08 bits per heavy atom. The van der Waals surface area contributed by atoms with Gasteiger partial charge in [-0.2, -0.15) is 0 Å². The molecule has 0 saturated heterocycles. The molecule has 1 rings (SSSR count). The van der Waals surface area contributed by atoms with Crippen LogP contribution in [0.3, 0.4) is 0 Å². The molecule has 0 unspecified atom stereocenters. The lowest BCUT2D eigenvalue weighted by molar-refractivity contribution is 0.398. The van der Waals surface area contributed by atoms with Crippen LogP contribution in [0.5, 0.6) is 11.5 Å². The summed E-state index contributed by atoms with van der Waals surface area (Å²) in [6.45, 7) is 2.13. The van der Waals surface area contributed by atoms with E-state index in [1.165, 1.54) is 6.07 Å². The molecule has 13 heavy (non-hydrogen) atoms. The second-order valence-corrected chi connectivity index (χ2v) is 3.15. The van der Waals surface area contributed by atoms with Crippen LogP contribution in [0.15, 0.2) is 12.1 Å². The van der Waals surface area contributed by atoms with Crippen molar-refractivity contribution in [1.29, 1.82) is 0 Å². The molecule has 0 fully saturated rings. The van der Waals surface area contributed by atoms with E-state index in [4.69, 9.17) is 0 Å². The predicted octanol–water partition coefficient (Wildman–Crippen LogP) is 2.63. The van der Waals surface area contributed by atoms with E-state index in [1.54, 1.807) is 6.07 Å². The lowest BCUT2D eigenvalue weighted by atomic mass is 10.1. The summed E-state index contributed by atoms with van der Waals surface area (Å²) in [5.41, 5.74) is 0.716. The SMILES string of the molecule is CCCCCc1[c]ccc(O)c1O. The Labute approximate surface area is 78.8 Å². The summed E-state index contributed by atoms with van der Waals surface area (Å²) in [7, 11) is 0. The number of hydrogen-bond acceptors (Lipinski definition) is 2. The highest BCUT2D eigenvalue weighted by Gasteiger charge is 2.04. The molecule has 1 aromatic rings. The largest absolute Gasteiger partial charge is 0.504 e. The zero-order chi connectivity index (χ0) is 9.68. The summed E-state index contributed by atoms with van der Waals surface area (Å²) in [5.74, 6) is -0.0659. The van der Waals surface area contributed by atoms with Crippen LogP contribution >= 0.6 is 0 Å². The fraction of sp³-hybridized carbons (Fsp3) is 0.455. The first-order chi connectivity index (χ1) is 6.25. The van der Waals surface area contributed by atoms with Crippen molar-refractivity contribution in [3.8, 4) is 11.5 Å². The average molecular weight is 179 g/mol. The first-order valence-electron chi connectivity index (χ1n) is 4.67. The van der Waals surface area contributed by atoms with Gasteiger partial charge < -0.3 is 10.2 Å². The Balaban J connectivity index is 2.61. The molecule has 0 aliphatic heterocycles. The monoisotopic (exact) mass is 179 g/mol. The van der Waals surface area contributed by atoms with Gasteiger partial charge >= 0.3 is 0 Å². The highest BCUT2D eigenvalue weighted by Crippen LogP contribution is 2.28. The number of phenols is 2. The second kappa shape index (κ2) is 4.75. The third-order valence-electron chi connectivity index (χ3n) is 2.06. The highest BCUT2D eigenvalue weighted by atomic mass is 16.3. The van der Waals surface area contributed by atoms with E-state index in [0.29, 0.717) is 5.56 Å². The van der Waals surface area contributed by atoms with Crippen molar-refractivity contribution in [3.05, 3.63) is 23.8 Å².